The number of hydroxylamine groups is 1. The fourth-order valence-corrected chi connectivity index (χ4v) is 1.90. The molecule has 20 heavy (non-hydrogen) atoms. The van der Waals surface area contributed by atoms with Gasteiger partial charge in [-0.2, -0.15) is 4.99 Å². The van der Waals surface area contributed by atoms with Gasteiger partial charge in [0.05, 0.1) is 0 Å². The third-order valence-corrected chi connectivity index (χ3v) is 3.04. The Morgan fingerprint density at radius 3 is 2.55 bits per heavy atom. The van der Waals surface area contributed by atoms with Crippen LogP contribution in [0.4, 0.5) is 5.69 Å². The Hall–Kier alpha value is -1.83. The number of anilines is 1. The minimum absolute atomic E-state index is 0.181. The van der Waals surface area contributed by atoms with Crippen LogP contribution in [0.25, 0.3) is 0 Å². The van der Waals surface area contributed by atoms with E-state index in [9.17, 15) is 0 Å². The third kappa shape index (κ3) is 4.09. The van der Waals surface area contributed by atoms with Gasteiger partial charge in [-0.1, -0.05) is 22.0 Å². The molecule has 0 bridgehead atoms. The third-order valence-electron chi connectivity index (χ3n) is 2.32. The summed E-state index contributed by atoms with van der Waals surface area (Å²) in [5.41, 5.74) is 3.30. The highest BCUT2D eigenvalue weighted by molar-refractivity contribution is 9.10. The second-order valence-corrected chi connectivity index (χ2v) is 5.03. The minimum atomic E-state index is 0.181. The van der Waals surface area contributed by atoms with E-state index in [1.54, 1.807) is 24.4 Å². The molecular weight excluding hydrogens is 340 g/mol. The average molecular weight is 351 g/mol. The number of pyridine rings is 1. The Labute approximate surface area is 129 Å². The second kappa shape index (κ2) is 7.09. The molecule has 5 nitrogen and oxygen atoms in total. The summed E-state index contributed by atoms with van der Waals surface area (Å²) in [6.45, 7) is 0. The van der Waals surface area contributed by atoms with E-state index in [4.69, 9.17) is 17.4 Å². The monoisotopic (exact) mass is 350 g/mol. The lowest BCUT2D eigenvalue weighted by Gasteiger charge is -2.07. The standard InChI is InChI=1S/C13H11BrN4OS/c14-9-4-6-10(7-5-9)16-13(20)17-12(18-19)11-3-1-2-8-15-11/h1-8,19H,(H2,16,17,18,20). The lowest BCUT2D eigenvalue weighted by atomic mass is 10.3. The largest absolute Gasteiger partial charge is 0.331 e. The Morgan fingerprint density at radius 1 is 1.20 bits per heavy atom. The molecule has 3 N–H and O–H groups in total. The number of halogens is 1. The number of nitrogens with zero attached hydrogens (tertiary/aromatic N) is 2. The zero-order valence-corrected chi connectivity index (χ0v) is 12.6. The molecule has 0 fully saturated rings. The van der Waals surface area contributed by atoms with Crippen LogP contribution < -0.4 is 10.8 Å². The first-order valence-electron chi connectivity index (χ1n) is 5.66. The molecular formula is C13H11BrN4OS. The van der Waals surface area contributed by atoms with Crippen LogP contribution in [0.15, 0.2) is 58.1 Å². The maximum absolute atomic E-state index is 9.12. The van der Waals surface area contributed by atoms with Crippen molar-refractivity contribution in [3.8, 4) is 0 Å². The summed E-state index contributed by atoms with van der Waals surface area (Å²) >= 11 is 8.48. The maximum Gasteiger partial charge on any atom is 0.199 e. The van der Waals surface area contributed by atoms with Gasteiger partial charge in [-0.3, -0.25) is 15.7 Å². The van der Waals surface area contributed by atoms with Gasteiger partial charge in [0.2, 0.25) is 0 Å². The number of rotatable bonds is 2. The van der Waals surface area contributed by atoms with Crippen molar-refractivity contribution in [1.82, 2.24) is 10.5 Å². The molecule has 0 atom stereocenters. The van der Waals surface area contributed by atoms with Crippen LogP contribution in [0.3, 0.4) is 0 Å². The molecule has 0 aliphatic heterocycles. The van der Waals surface area contributed by atoms with Gasteiger partial charge < -0.3 is 5.32 Å². The van der Waals surface area contributed by atoms with Crippen molar-refractivity contribution in [2.45, 2.75) is 0 Å². The van der Waals surface area contributed by atoms with Crippen molar-refractivity contribution in [3.05, 3.63) is 58.8 Å². The summed E-state index contributed by atoms with van der Waals surface area (Å²) in [6.07, 6.45) is 1.60. The lowest BCUT2D eigenvalue weighted by Crippen LogP contribution is -2.24. The first-order valence-corrected chi connectivity index (χ1v) is 6.86. The van der Waals surface area contributed by atoms with Gasteiger partial charge in [0.1, 0.15) is 5.69 Å². The molecule has 0 saturated carbocycles. The van der Waals surface area contributed by atoms with Crippen LogP contribution in [0, 0.1) is 0 Å². The van der Waals surface area contributed by atoms with E-state index < -0.39 is 0 Å². The second-order valence-electron chi connectivity index (χ2n) is 3.72. The first-order chi connectivity index (χ1) is 9.69. The van der Waals surface area contributed by atoms with Gasteiger partial charge in [0.25, 0.3) is 0 Å². The van der Waals surface area contributed by atoms with E-state index in [1.165, 1.54) is 0 Å². The van der Waals surface area contributed by atoms with Gasteiger partial charge in [-0.25, -0.2) is 0 Å². The summed E-state index contributed by atoms with van der Waals surface area (Å²) in [5.74, 6) is 0.181. The van der Waals surface area contributed by atoms with Gasteiger partial charge in [-0.05, 0) is 48.6 Å². The topological polar surface area (TPSA) is 69.5 Å². The molecule has 102 valence electrons. The quantitative estimate of drug-likeness (QED) is 0.336. The number of aromatic nitrogens is 1. The van der Waals surface area contributed by atoms with Crippen molar-refractivity contribution in [1.29, 1.82) is 0 Å². The number of thiocarbonyl (C=S) groups is 1. The van der Waals surface area contributed by atoms with Crippen molar-refractivity contribution in [2.24, 2.45) is 4.99 Å². The zero-order chi connectivity index (χ0) is 14.4. The van der Waals surface area contributed by atoms with Gasteiger partial charge in [-0.15, -0.1) is 0 Å². The molecule has 0 unspecified atom stereocenters. The number of hydrogen-bond donors (Lipinski definition) is 3. The molecule has 1 aromatic carbocycles. The average Bonchev–Trinajstić information content (AvgIpc) is 2.48. The molecule has 2 aromatic rings. The Bertz CT molecular complexity index is 616. The van der Waals surface area contributed by atoms with Crippen LogP contribution >= 0.6 is 28.1 Å². The molecule has 0 aliphatic carbocycles. The van der Waals surface area contributed by atoms with Crippen molar-refractivity contribution < 1.29 is 5.21 Å². The van der Waals surface area contributed by atoms with Crippen molar-refractivity contribution >= 4 is 44.8 Å². The number of nitrogens with one attached hydrogen (secondary N) is 2. The van der Waals surface area contributed by atoms with E-state index >= 15 is 0 Å². The van der Waals surface area contributed by atoms with Crippen LogP contribution in [-0.2, 0) is 0 Å². The molecule has 0 saturated heterocycles. The summed E-state index contributed by atoms with van der Waals surface area (Å²) < 4.78 is 0.976. The first kappa shape index (κ1) is 14.6. The SMILES string of the molecule is ON/C(=N/C(=S)Nc1ccc(Br)cc1)c1ccccn1. The van der Waals surface area contributed by atoms with Gasteiger partial charge in [0.15, 0.2) is 10.9 Å². The van der Waals surface area contributed by atoms with Gasteiger partial charge >= 0.3 is 0 Å². The Kier molecular flexibility index (Phi) is 5.16. The predicted octanol–water partition coefficient (Wildman–Crippen LogP) is 2.97. The van der Waals surface area contributed by atoms with Crippen molar-refractivity contribution in [2.75, 3.05) is 5.32 Å². The number of hydrogen-bond acceptors (Lipinski definition) is 3. The highest BCUT2D eigenvalue weighted by Gasteiger charge is 2.04. The van der Waals surface area contributed by atoms with Gasteiger partial charge in [0, 0.05) is 16.4 Å². The summed E-state index contributed by atoms with van der Waals surface area (Å²) in [6, 6.07) is 12.8. The Balaban J connectivity index is 2.12. The highest BCUT2D eigenvalue weighted by atomic mass is 79.9. The summed E-state index contributed by atoms with van der Waals surface area (Å²) in [4.78, 5) is 8.16. The Morgan fingerprint density at radius 2 is 1.95 bits per heavy atom. The fraction of sp³-hybridized carbons (Fsp3) is 0. The molecule has 2 rings (SSSR count). The molecule has 0 aliphatic rings. The normalized spacial score (nSPS) is 11.0. The van der Waals surface area contributed by atoms with Crippen LogP contribution in [-0.4, -0.2) is 21.1 Å². The minimum Gasteiger partial charge on any atom is -0.331 e. The van der Waals surface area contributed by atoms with E-state index in [-0.39, 0.29) is 10.9 Å². The van der Waals surface area contributed by atoms with Crippen LogP contribution in [0.1, 0.15) is 5.69 Å². The lowest BCUT2D eigenvalue weighted by molar-refractivity contribution is 0.235. The highest BCUT2D eigenvalue weighted by Crippen LogP contribution is 2.14. The molecule has 7 heteroatoms. The van der Waals surface area contributed by atoms with Crippen LogP contribution in [0.2, 0.25) is 0 Å². The number of benzene rings is 1. The van der Waals surface area contributed by atoms with Crippen LogP contribution in [0.5, 0.6) is 0 Å². The summed E-state index contributed by atoms with van der Waals surface area (Å²) in [7, 11) is 0. The molecule has 0 spiro atoms. The fourth-order valence-electron chi connectivity index (χ4n) is 1.43. The van der Waals surface area contributed by atoms with Crippen molar-refractivity contribution in [3.63, 3.8) is 0 Å². The summed E-state index contributed by atoms with van der Waals surface area (Å²) in [5, 5.41) is 12.3. The van der Waals surface area contributed by atoms with E-state index in [2.05, 4.69) is 31.2 Å². The predicted molar refractivity (Wildman–Crippen MR) is 86.1 cm³/mol. The molecule has 1 heterocycles. The molecule has 0 radical (unpaired) electrons. The molecule has 1 aromatic heterocycles. The van der Waals surface area contributed by atoms with E-state index in [1.807, 2.05) is 29.7 Å². The van der Waals surface area contributed by atoms with E-state index in [0.29, 0.717) is 5.69 Å². The number of aliphatic imine (C=N–C) groups is 1. The molecule has 0 amide bonds. The smallest absolute Gasteiger partial charge is 0.199 e. The number of amidine groups is 1. The maximum atomic E-state index is 9.12. The zero-order valence-electron chi connectivity index (χ0n) is 10.2. The van der Waals surface area contributed by atoms with E-state index in [0.717, 1.165) is 10.2 Å².